The molecule has 3 aromatic rings. The fourth-order valence-corrected chi connectivity index (χ4v) is 8.74. The van der Waals surface area contributed by atoms with Crippen molar-refractivity contribution < 1.29 is 28.7 Å². The first-order chi connectivity index (χ1) is 22.4. The number of nitrogens with zero attached hydrogens (tertiary/aromatic N) is 2. The van der Waals surface area contributed by atoms with E-state index in [2.05, 4.69) is 6.08 Å². The summed E-state index contributed by atoms with van der Waals surface area (Å²) < 4.78 is 11.2. The first kappa shape index (κ1) is 28.5. The Morgan fingerprint density at radius 2 is 1.15 bits per heavy atom. The predicted molar refractivity (Wildman–Crippen MR) is 172 cm³/mol. The van der Waals surface area contributed by atoms with E-state index in [9.17, 15) is 19.2 Å². The first-order valence-corrected chi connectivity index (χ1v) is 16.1. The van der Waals surface area contributed by atoms with Crippen LogP contribution in [0.2, 0.25) is 0 Å². The first-order valence-electron chi connectivity index (χ1n) is 16.1. The summed E-state index contributed by atoms with van der Waals surface area (Å²) in [4.78, 5) is 59.7. The lowest BCUT2D eigenvalue weighted by molar-refractivity contribution is -0.129. The number of carbonyl (C=O) groups is 4. The van der Waals surface area contributed by atoms with Crippen molar-refractivity contribution in [3.05, 3.63) is 102 Å². The molecule has 0 unspecified atom stereocenters. The van der Waals surface area contributed by atoms with Crippen molar-refractivity contribution in [2.24, 2.45) is 41.4 Å². The fourth-order valence-electron chi connectivity index (χ4n) is 8.74. The van der Waals surface area contributed by atoms with E-state index in [1.54, 1.807) is 48.5 Å². The van der Waals surface area contributed by atoms with Crippen molar-refractivity contribution in [3.8, 4) is 11.5 Å². The molecule has 2 saturated heterocycles. The third-order valence-electron chi connectivity index (χ3n) is 10.4. The second-order valence-electron chi connectivity index (χ2n) is 12.6. The van der Waals surface area contributed by atoms with Gasteiger partial charge < -0.3 is 9.47 Å². The molecule has 4 aliphatic carbocycles. The minimum Gasteiger partial charge on any atom is -0.494 e. The maximum Gasteiger partial charge on any atom is 0.238 e. The molecule has 7 atom stereocenters. The van der Waals surface area contributed by atoms with Gasteiger partial charge in [0.05, 0.1) is 48.3 Å². The van der Waals surface area contributed by atoms with Gasteiger partial charge >= 0.3 is 0 Å². The van der Waals surface area contributed by atoms with Gasteiger partial charge in [-0.3, -0.25) is 29.0 Å². The van der Waals surface area contributed by atoms with Crippen LogP contribution in [0, 0.1) is 41.4 Å². The van der Waals surface area contributed by atoms with E-state index in [1.807, 2.05) is 50.3 Å². The second-order valence-corrected chi connectivity index (χ2v) is 12.6. The molecule has 2 bridgehead atoms. The van der Waals surface area contributed by atoms with Gasteiger partial charge in [-0.05, 0) is 85.9 Å². The molecule has 6 aliphatic rings. The van der Waals surface area contributed by atoms with Gasteiger partial charge in [0, 0.05) is 11.8 Å². The molecule has 4 amide bonds. The number of carbonyl (C=O) groups excluding carboxylic acids is 4. The van der Waals surface area contributed by atoms with Gasteiger partial charge in [0.15, 0.2) is 0 Å². The molecule has 0 aromatic heterocycles. The van der Waals surface area contributed by atoms with E-state index in [0.29, 0.717) is 42.5 Å². The van der Waals surface area contributed by atoms with Gasteiger partial charge in [0.2, 0.25) is 23.6 Å². The van der Waals surface area contributed by atoms with Gasteiger partial charge in [-0.25, -0.2) is 0 Å². The molecule has 232 valence electrons. The minimum atomic E-state index is -0.623. The molecule has 0 spiro atoms. The summed E-state index contributed by atoms with van der Waals surface area (Å²) in [6.07, 6.45) is 4.51. The van der Waals surface area contributed by atoms with E-state index in [0.717, 1.165) is 16.7 Å². The number of benzene rings is 3. The molecule has 2 aliphatic heterocycles. The number of hydrogen-bond donors (Lipinski definition) is 0. The van der Waals surface area contributed by atoms with Crippen LogP contribution in [0.25, 0.3) is 5.57 Å². The summed E-state index contributed by atoms with van der Waals surface area (Å²) in [6, 6.07) is 24.0. The van der Waals surface area contributed by atoms with Crippen LogP contribution in [0.1, 0.15) is 25.8 Å². The van der Waals surface area contributed by atoms with E-state index >= 15 is 0 Å². The zero-order valence-electron chi connectivity index (χ0n) is 25.7. The van der Waals surface area contributed by atoms with Crippen molar-refractivity contribution in [1.82, 2.24) is 0 Å². The van der Waals surface area contributed by atoms with E-state index in [-0.39, 0.29) is 35.5 Å². The molecule has 3 fully saturated rings. The van der Waals surface area contributed by atoms with Crippen molar-refractivity contribution in [3.63, 3.8) is 0 Å². The maximum absolute atomic E-state index is 14.4. The van der Waals surface area contributed by atoms with E-state index < -0.39 is 29.6 Å². The third-order valence-corrected chi connectivity index (χ3v) is 10.4. The molecule has 0 radical (unpaired) electrons. The van der Waals surface area contributed by atoms with E-state index in [4.69, 9.17) is 9.47 Å². The van der Waals surface area contributed by atoms with Crippen molar-refractivity contribution in [1.29, 1.82) is 0 Å². The molecule has 0 N–H and O–H groups in total. The van der Waals surface area contributed by atoms with Crippen molar-refractivity contribution in [2.75, 3.05) is 23.0 Å². The van der Waals surface area contributed by atoms with Gasteiger partial charge in [-0.1, -0.05) is 48.1 Å². The Labute approximate surface area is 267 Å². The van der Waals surface area contributed by atoms with Crippen LogP contribution < -0.4 is 19.3 Å². The van der Waals surface area contributed by atoms with Crippen molar-refractivity contribution >= 4 is 40.6 Å². The Morgan fingerprint density at radius 1 is 0.609 bits per heavy atom. The average Bonchev–Trinajstić information content (AvgIpc) is 3.51. The zero-order chi connectivity index (χ0) is 31.7. The summed E-state index contributed by atoms with van der Waals surface area (Å²) in [5.41, 5.74) is 4.06. The Kier molecular flexibility index (Phi) is 6.71. The molecule has 3 aromatic carbocycles. The van der Waals surface area contributed by atoms with Crippen LogP contribution in [0.5, 0.6) is 11.5 Å². The zero-order valence-corrected chi connectivity index (χ0v) is 25.7. The van der Waals surface area contributed by atoms with E-state index in [1.165, 1.54) is 9.80 Å². The van der Waals surface area contributed by atoms with Crippen LogP contribution in [0.4, 0.5) is 11.4 Å². The van der Waals surface area contributed by atoms with Crippen molar-refractivity contribution in [2.45, 2.75) is 20.3 Å². The molecular weight excluding hydrogens is 580 g/mol. The normalized spacial score (nSPS) is 29.3. The topological polar surface area (TPSA) is 93.2 Å². The molecule has 46 heavy (non-hydrogen) atoms. The fraction of sp³-hybridized carbons (Fsp3) is 0.316. The van der Waals surface area contributed by atoms with Crippen LogP contribution in [0.15, 0.2) is 96.6 Å². The summed E-state index contributed by atoms with van der Waals surface area (Å²) in [7, 11) is 0. The number of hydrogen-bond acceptors (Lipinski definition) is 6. The lowest BCUT2D eigenvalue weighted by Gasteiger charge is -2.51. The number of anilines is 2. The highest BCUT2D eigenvalue weighted by Crippen LogP contribution is 2.63. The number of allylic oxidation sites excluding steroid dienone is 4. The highest BCUT2D eigenvalue weighted by Gasteiger charge is 2.67. The maximum atomic E-state index is 14.4. The standard InChI is InChI=1S/C38H34N2O6/c1-3-45-24-14-10-22(11-15-24)39-35(41)29-20-28(21-8-6-5-7-9-21)30-26-18-19-27(31(30)34(29)38(39)44)33-32(26)36(42)40(37(33)43)23-12-16-25(17-13-23)46-4-2/h5-19,26-27,29,31-34H,3-4,20H2,1-2H3/t26-,27+,29-,31+,32-,33-,34-/m1/s1. The second kappa shape index (κ2) is 10.8. The highest BCUT2D eigenvalue weighted by atomic mass is 16.5. The molecule has 2 heterocycles. The lowest BCUT2D eigenvalue weighted by atomic mass is 9.49. The molecule has 9 rings (SSSR count). The number of ether oxygens (including phenoxy) is 2. The summed E-state index contributed by atoms with van der Waals surface area (Å²) >= 11 is 0. The quantitative estimate of drug-likeness (QED) is 0.251. The average molecular weight is 615 g/mol. The Balaban J connectivity index is 1.22. The number of imide groups is 2. The smallest absolute Gasteiger partial charge is 0.238 e. The summed E-state index contributed by atoms with van der Waals surface area (Å²) in [5, 5.41) is 0. The number of fused-ring (bicyclic) bond motifs is 1. The van der Waals surface area contributed by atoms with Gasteiger partial charge in [-0.2, -0.15) is 0 Å². The monoisotopic (exact) mass is 614 g/mol. The highest BCUT2D eigenvalue weighted by molar-refractivity contribution is 6.24. The van der Waals surface area contributed by atoms with Gasteiger partial charge in [0.25, 0.3) is 0 Å². The minimum absolute atomic E-state index is 0.219. The van der Waals surface area contributed by atoms with Gasteiger partial charge in [0.1, 0.15) is 11.5 Å². The molecule has 8 heteroatoms. The van der Waals surface area contributed by atoms with Crippen LogP contribution in [-0.4, -0.2) is 36.8 Å². The predicted octanol–water partition coefficient (Wildman–Crippen LogP) is 5.68. The molecular formula is C38H34N2O6. The largest absolute Gasteiger partial charge is 0.494 e. The molecule has 8 nitrogen and oxygen atoms in total. The van der Waals surface area contributed by atoms with Crippen LogP contribution in [-0.2, 0) is 19.2 Å². The number of rotatable bonds is 7. The SMILES string of the molecule is CCOc1ccc(N2C(=O)[C@@H]3[C@H]4C=C[C@H](C5=C(c6ccccc6)C[C@H]6C(=O)N(c7ccc(OCC)cc7)C(=O)[C@H]6[C@H]54)[C@H]3C2=O)cc1. The summed E-state index contributed by atoms with van der Waals surface area (Å²) in [5.74, 6) is -3.07. The Morgan fingerprint density at radius 3 is 1.74 bits per heavy atom. The Bertz CT molecular complexity index is 1810. The Hall–Kier alpha value is -4.98. The lowest BCUT2D eigenvalue weighted by Crippen LogP contribution is -2.51. The van der Waals surface area contributed by atoms with Crippen LogP contribution in [0.3, 0.4) is 0 Å². The van der Waals surface area contributed by atoms with Crippen LogP contribution >= 0.6 is 0 Å². The molecule has 1 saturated carbocycles. The third kappa shape index (κ3) is 4.05. The summed E-state index contributed by atoms with van der Waals surface area (Å²) in [6.45, 7) is 4.83. The number of amides is 4. The van der Waals surface area contributed by atoms with Gasteiger partial charge in [-0.15, -0.1) is 0 Å².